The fourth-order valence-electron chi connectivity index (χ4n) is 3.45. The van der Waals surface area contributed by atoms with Crippen LogP contribution in [0.3, 0.4) is 0 Å². The number of ether oxygens (including phenoxy) is 2. The molecule has 0 bridgehead atoms. The maximum atomic E-state index is 13.4. The van der Waals surface area contributed by atoms with Crippen molar-refractivity contribution in [2.45, 2.75) is 18.9 Å². The Kier molecular flexibility index (Phi) is 8.06. The first-order valence-corrected chi connectivity index (χ1v) is 10.2. The minimum Gasteiger partial charge on any atom is -0.379 e. The van der Waals surface area contributed by atoms with Crippen molar-refractivity contribution < 1.29 is 13.9 Å². The van der Waals surface area contributed by atoms with Gasteiger partial charge in [0.25, 0.3) is 0 Å². The Labute approximate surface area is 167 Å². The Hall–Kier alpha value is -1.70. The molecule has 1 unspecified atom stereocenters. The van der Waals surface area contributed by atoms with Crippen LogP contribution in [0.15, 0.2) is 29.3 Å². The van der Waals surface area contributed by atoms with Crippen LogP contribution < -0.4 is 5.32 Å². The minimum atomic E-state index is -0.209. The van der Waals surface area contributed by atoms with Crippen LogP contribution in [-0.4, -0.2) is 82.5 Å². The molecule has 1 aromatic carbocycles. The molecule has 0 radical (unpaired) electrons. The standard InChI is InChI=1S/C21H33FN4O2/c1-23-21(25(2)9-12-28-16-17-3-4-17)24-15-20(26-10-13-27-14-11-26)18-5-7-19(22)8-6-18/h5-8,17,20H,3-4,9-16H2,1-2H3,(H,23,24). The number of nitrogens with one attached hydrogen (secondary N) is 1. The highest BCUT2D eigenvalue weighted by molar-refractivity contribution is 5.79. The quantitative estimate of drug-likeness (QED) is 0.396. The zero-order chi connectivity index (χ0) is 19.8. The van der Waals surface area contributed by atoms with E-state index < -0.39 is 0 Å². The van der Waals surface area contributed by atoms with Crippen molar-refractivity contribution >= 4 is 5.96 Å². The zero-order valence-electron chi connectivity index (χ0n) is 17.1. The number of aliphatic imine (C=N–C) groups is 1. The average Bonchev–Trinajstić information content (AvgIpc) is 3.55. The smallest absolute Gasteiger partial charge is 0.193 e. The van der Waals surface area contributed by atoms with E-state index in [9.17, 15) is 4.39 Å². The van der Waals surface area contributed by atoms with E-state index in [1.807, 2.05) is 19.2 Å². The molecule has 1 heterocycles. The number of guanidine groups is 1. The first-order chi connectivity index (χ1) is 13.7. The third kappa shape index (κ3) is 6.43. The molecule has 1 aromatic rings. The number of hydrogen-bond acceptors (Lipinski definition) is 4. The molecule has 2 aliphatic rings. The number of likely N-dealkylation sites (N-methyl/N-ethyl adjacent to an activating group) is 1. The molecule has 1 atom stereocenters. The van der Waals surface area contributed by atoms with E-state index in [0.29, 0.717) is 13.2 Å². The van der Waals surface area contributed by atoms with Crippen molar-refractivity contribution in [3.8, 4) is 0 Å². The zero-order valence-corrected chi connectivity index (χ0v) is 17.1. The molecule has 7 heteroatoms. The summed E-state index contributed by atoms with van der Waals surface area (Å²) in [7, 11) is 3.82. The predicted molar refractivity (Wildman–Crippen MR) is 109 cm³/mol. The van der Waals surface area contributed by atoms with Crippen molar-refractivity contribution in [1.29, 1.82) is 0 Å². The molecule has 156 valence electrons. The Bertz CT molecular complexity index is 615. The van der Waals surface area contributed by atoms with Gasteiger partial charge in [0.2, 0.25) is 0 Å². The van der Waals surface area contributed by atoms with Crippen LogP contribution in [0, 0.1) is 11.7 Å². The highest BCUT2D eigenvalue weighted by Crippen LogP contribution is 2.28. The molecule has 6 nitrogen and oxygen atoms in total. The fraction of sp³-hybridized carbons (Fsp3) is 0.667. The lowest BCUT2D eigenvalue weighted by molar-refractivity contribution is 0.0168. The lowest BCUT2D eigenvalue weighted by Crippen LogP contribution is -2.47. The normalized spacial score (nSPS) is 19.5. The predicted octanol–water partition coefficient (Wildman–Crippen LogP) is 2.13. The number of hydrogen-bond donors (Lipinski definition) is 1. The second-order valence-electron chi connectivity index (χ2n) is 7.58. The maximum Gasteiger partial charge on any atom is 0.193 e. The van der Waals surface area contributed by atoms with Gasteiger partial charge in [0, 0.05) is 46.9 Å². The number of halogens is 1. The van der Waals surface area contributed by atoms with E-state index in [1.54, 1.807) is 7.05 Å². The van der Waals surface area contributed by atoms with E-state index in [0.717, 1.165) is 56.9 Å². The molecule has 1 saturated carbocycles. The van der Waals surface area contributed by atoms with Gasteiger partial charge in [-0.15, -0.1) is 0 Å². The number of morpholine rings is 1. The summed E-state index contributed by atoms with van der Waals surface area (Å²) < 4.78 is 24.6. The SMILES string of the molecule is CN=C(NCC(c1ccc(F)cc1)N1CCOCC1)N(C)CCOCC1CC1. The average molecular weight is 393 g/mol. The number of nitrogens with zero attached hydrogens (tertiary/aromatic N) is 3. The van der Waals surface area contributed by atoms with E-state index in [-0.39, 0.29) is 11.9 Å². The summed E-state index contributed by atoms with van der Waals surface area (Å²) in [5.41, 5.74) is 1.10. The monoisotopic (exact) mass is 392 g/mol. The largest absolute Gasteiger partial charge is 0.379 e. The van der Waals surface area contributed by atoms with Crippen LogP contribution in [0.25, 0.3) is 0 Å². The van der Waals surface area contributed by atoms with Gasteiger partial charge in [0.15, 0.2) is 5.96 Å². The lowest BCUT2D eigenvalue weighted by atomic mass is 10.0. The lowest BCUT2D eigenvalue weighted by Gasteiger charge is -2.35. The molecule has 0 spiro atoms. The van der Waals surface area contributed by atoms with Gasteiger partial charge in [-0.05, 0) is 36.5 Å². The molecule has 1 saturated heterocycles. The van der Waals surface area contributed by atoms with Gasteiger partial charge >= 0.3 is 0 Å². The summed E-state index contributed by atoms with van der Waals surface area (Å²) in [5.74, 6) is 1.42. The van der Waals surface area contributed by atoms with Crippen LogP contribution in [0.5, 0.6) is 0 Å². The summed E-state index contributed by atoms with van der Waals surface area (Å²) >= 11 is 0. The Morgan fingerprint density at radius 2 is 2.04 bits per heavy atom. The maximum absolute atomic E-state index is 13.4. The van der Waals surface area contributed by atoms with E-state index >= 15 is 0 Å². The van der Waals surface area contributed by atoms with E-state index in [4.69, 9.17) is 9.47 Å². The van der Waals surface area contributed by atoms with Gasteiger partial charge in [-0.3, -0.25) is 9.89 Å². The van der Waals surface area contributed by atoms with Gasteiger partial charge in [-0.2, -0.15) is 0 Å². The number of benzene rings is 1. The van der Waals surface area contributed by atoms with Crippen LogP contribution in [0.1, 0.15) is 24.4 Å². The molecule has 28 heavy (non-hydrogen) atoms. The summed E-state index contributed by atoms with van der Waals surface area (Å²) in [6.45, 7) is 6.27. The molecule has 0 aromatic heterocycles. The van der Waals surface area contributed by atoms with Crippen molar-refractivity contribution in [3.63, 3.8) is 0 Å². The topological polar surface area (TPSA) is 49.3 Å². The van der Waals surface area contributed by atoms with E-state index in [1.165, 1.54) is 25.0 Å². The van der Waals surface area contributed by atoms with Crippen molar-refractivity contribution in [2.24, 2.45) is 10.9 Å². The summed E-state index contributed by atoms with van der Waals surface area (Å²) in [5, 5.41) is 3.49. The molecule has 2 fully saturated rings. The third-order valence-corrected chi connectivity index (χ3v) is 5.39. The first-order valence-electron chi connectivity index (χ1n) is 10.2. The van der Waals surface area contributed by atoms with Gasteiger partial charge in [-0.1, -0.05) is 12.1 Å². The number of rotatable bonds is 9. The Balaban J connectivity index is 1.54. The highest BCUT2D eigenvalue weighted by atomic mass is 19.1. The molecule has 1 aliphatic heterocycles. The van der Waals surface area contributed by atoms with Gasteiger partial charge in [-0.25, -0.2) is 4.39 Å². The van der Waals surface area contributed by atoms with Crippen LogP contribution in [-0.2, 0) is 9.47 Å². The second kappa shape index (κ2) is 10.7. The Morgan fingerprint density at radius 3 is 2.68 bits per heavy atom. The molecular formula is C21H33FN4O2. The first kappa shape index (κ1) is 21.0. The van der Waals surface area contributed by atoms with E-state index in [2.05, 4.69) is 20.1 Å². The van der Waals surface area contributed by atoms with Crippen LogP contribution >= 0.6 is 0 Å². The minimum absolute atomic E-state index is 0.140. The molecule has 1 aliphatic carbocycles. The van der Waals surface area contributed by atoms with Crippen molar-refractivity contribution in [3.05, 3.63) is 35.6 Å². The molecule has 1 N–H and O–H groups in total. The third-order valence-electron chi connectivity index (χ3n) is 5.39. The van der Waals surface area contributed by atoms with Gasteiger partial charge < -0.3 is 19.7 Å². The van der Waals surface area contributed by atoms with Crippen molar-refractivity contribution in [1.82, 2.24) is 15.1 Å². The molecule has 0 amide bonds. The molecule has 3 rings (SSSR count). The fourth-order valence-corrected chi connectivity index (χ4v) is 3.45. The van der Waals surface area contributed by atoms with Gasteiger partial charge in [0.05, 0.1) is 25.9 Å². The van der Waals surface area contributed by atoms with Crippen LogP contribution in [0.4, 0.5) is 4.39 Å². The van der Waals surface area contributed by atoms with Gasteiger partial charge in [0.1, 0.15) is 5.82 Å². The highest BCUT2D eigenvalue weighted by Gasteiger charge is 2.24. The Morgan fingerprint density at radius 1 is 1.32 bits per heavy atom. The summed E-state index contributed by atoms with van der Waals surface area (Å²) in [4.78, 5) is 8.89. The molecular weight excluding hydrogens is 359 g/mol. The van der Waals surface area contributed by atoms with Crippen molar-refractivity contribution in [2.75, 3.05) is 66.7 Å². The summed E-state index contributed by atoms with van der Waals surface area (Å²) in [6, 6.07) is 6.94. The van der Waals surface area contributed by atoms with Crippen LogP contribution in [0.2, 0.25) is 0 Å². The second-order valence-corrected chi connectivity index (χ2v) is 7.58. The summed E-state index contributed by atoms with van der Waals surface area (Å²) in [6.07, 6.45) is 2.62.